The van der Waals surface area contributed by atoms with Gasteiger partial charge in [-0.1, -0.05) is 30.0 Å². The van der Waals surface area contributed by atoms with Crippen LogP contribution in [0.4, 0.5) is 4.79 Å². The van der Waals surface area contributed by atoms with Crippen LogP contribution in [-0.2, 0) is 17.6 Å². The lowest BCUT2D eigenvalue weighted by molar-refractivity contribution is -0.119. The molecule has 7 nitrogen and oxygen atoms in total. The van der Waals surface area contributed by atoms with Gasteiger partial charge in [0.05, 0.1) is 16.3 Å². The smallest absolute Gasteiger partial charge is 0.321 e. The Bertz CT molecular complexity index is 1170. The standard InChI is InChI=1S/C21H22N4O3S2/c1-12(17(26)23-20(28)22-2)29-21-24-18-16(14-10-6-7-11-15(14)30-18)19(27)25(21)13-8-4-3-5-9-13/h3-5,8-9,12H,6-7,10-11H2,1-2H3,(H2,22,23,26,28). The zero-order valence-corrected chi connectivity index (χ0v) is 18.4. The molecule has 1 aliphatic carbocycles. The van der Waals surface area contributed by atoms with Gasteiger partial charge in [0, 0.05) is 11.9 Å². The summed E-state index contributed by atoms with van der Waals surface area (Å²) in [7, 11) is 1.45. The molecule has 1 unspecified atom stereocenters. The molecule has 2 N–H and O–H groups in total. The molecule has 3 amide bonds. The Morgan fingerprint density at radius 2 is 1.93 bits per heavy atom. The number of aryl methyl sites for hydroxylation is 2. The van der Waals surface area contributed by atoms with Crippen molar-refractivity contribution in [3.05, 3.63) is 51.1 Å². The highest BCUT2D eigenvalue weighted by Crippen LogP contribution is 2.35. The monoisotopic (exact) mass is 442 g/mol. The van der Waals surface area contributed by atoms with Gasteiger partial charge in [-0.05, 0) is 50.3 Å². The number of benzene rings is 1. The molecule has 0 saturated carbocycles. The number of carbonyl (C=O) groups excluding carboxylic acids is 2. The number of thiophene rings is 1. The van der Waals surface area contributed by atoms with Crippen molar-refractivity contribution in [1.82, 2.24) is 20.2 Å². The number of para-hydroxylation sites is 1. The minimum Gasteiger partial charge on any atom is -0.341 e. The van der Waals surface area contributed by atoms with E-state index in [1.54, 1.807) is 22.8 Å². The maximum Gasteiger partial charge on any atom is 0.321 e. The van der Waals surface area contributed by atoms with E-state index >= 15 is 0 Å². The van der Waals surface area contributed by atoms with Crippen molar-refractivity contribution in [2.24, 2.45) is 0 Å². The fraction of sp³-hybridized carbons (Fsp3) is 0.333. The third kappa shape index (κ3) is 3.87. The van der Waals surface area contributed by atoms with Gasteiger partial charge in [-0.3, -0.25) is 19.5 Å². The number of nitrogens with zero attached hydrogens (tertiary/aromatic N) is 2. The number of carbonyl (C=O) groups is 2. The van der Waals surface area contributed by atoms with E-state index in [0.29, 0.717) is 16.2 Å². The first-order chi connectivity index (χ1) is 14.5. The zero-order chi connectivity index (χ0) is 21.3. The lowest BCUT2D eigenvalue weighted by Gasteiger charge is -2.16. The zero-order valence-electron chi connectivity index (χ0n) is 16.7. The topological polar surface area (TPSA) is 93.1 Å². The summed E-state index contributed by atoms with van der Waals surface area (Å²) in [4.78, 5) is 44.2. The van der Waals surface area contributed by atoms with Gasteiger partial charge in [-0.15, -0.1) is 11.3 Å². The number of aromatic nitrogens is 2. The van der Waals surface area contributed by atoms with Gasteiger partial charge in [0.1, 0.15) is 4.83 Å². The van der Waals surface area contributed by atoms with Crippen LogP contribution in [0.2, 0.25) is 0 Å². The van der Waals surface area contributed by atoms with Crippen molar-refractivity contribution in [2.75, 3.05) is 7.05 Å². The summed E-state index contributed by atoms with van der Waals surface area (Å²) in [5.74, 6) is -0.446. The molecule has 1 aliphatic rings. The van der Waals surface area contributed by atoms with E-state index in [1.165, 1.54) is 23.7 Å². The highest BCUT2D eigenvalue weighted by atomic mass is 32.2. The second kappa shape index (κ2) is 8.61. The van der Waals surface area contributed by atoms with Crippen molar-refractivity contribution in [1.29, 1.82) is 0 Å². The van der Waals surface area contributed by atoms with E-state index in [2.05, 4.69) is 10.6 Å². The molecule has 3 aromatic rings. The number of urea groups is 1. The van der Waals surface area contributed by atoms with Crippen LogP contribution in [0.25, 0.3) is 15.9 Å². The largest absolute Gasteiger partial charge is 0.341 e. The molecule has 0 saturated heterocycles. The Morgan fingerprint density at radius 1 is 1.20 bits per heavy atom. The van der Waals surface area contributed by atoms with Crippen LogP contribution in [0.15, 0.2) is 40.3 Å². The van der Waals surface area contributed by atoms with Gasteiger partial charge in [-0.2, -0.15) is 0 Å². The first-order valence-corrected chi connectivity index (χ1v) is 11.5. The van der Waals surface area contributed by atoms with E-state index in [1.807, 2.05) is 30.3 Å². The van der Waals surface area contributed by atoms with Crippen LogP contribution in [0.3, 0.4) is 0 Å². The maximum absolute atomic E-state index is 13.6. The van der Waals surface area contributed by atoms with Crippen LogP contribution < -0.4 is 16.2 Å². The van der Waals surface area contributed by atoms with Crippen molar-refractivity contribution in [2.45, 2.75) is 43.0 Å². The Balaban J connectivity index is 1.83. The molecule has 0 radical (unpaired) electrons. The minimum atomic E-state index is -0.615. The third-order valence-electron chi connectivity index (χ3n) is 5.09. The minimum absolute atomic E-state index is 0.105. The number of nitrogens with one attached hydrogen (secondary N) is 2. The average Bonchev–Trinajstić information content (AvgIpc) is 3.12. The molecule has 30 heavy (non-hydrogen) atoms. The Morgan fingerprint density at radius 3 is 2.67 bits per heavy atom. The number of hydrogen-bond acceptors (Lipinski definition) is 6. The summed E-state index contributed by atoms with van der Waals surface area (Å²) in [5, 5.41) is 5.17. The van der Waals surface area contributed by atoms with Crippen molar-refractivity contribution >= 4 is 45.3 Å². The second-order valence-corrected chi connectivity index (χ2v) is 9.48. The first-order valence-electron chi connectivity index (χ1n) is 9.81. The van der Waals surface area contributed by atoms with Gasteiger partial charge in [0.15, 0.2) is 5.16 Å². The number of hydrogen-bond donors (Lipinski definition) is 2. The van der Waals surface area contributed by atoms with Gasteiger partial charge >= 0.3 is 6.03 Å². The van der Waals surface area contributed by atoms with E-state index in [4.69, 9.17) is 4.98 Å². The number of amides is 3. The SMILES string of the molecule is CNC(=O)NC(=O)C(C)Sc1nc2sc3c(c2c(=O)n1-c1ccccc1)CCCC3. The van der Waals surface area contributed by atoms with Gasteiger partial charge in [-0.25, -0.2) is 9.78 Å². The summed E-state index contributed by atoms with van der Waals surface area (Å²) in [6.07, 6.45) is 4.09. The number of fused-ring (bicyclic) bond motifs is 3. The quantitative estimate of drug-likeness (QED) is 0.478. The molecule has 9 heteroatoms. The molecule has 2 aromatic heterocycles. The molecule has 0 spiro atoms. The third-order valence-corrected chi connectivity index (χ3v) is 7.33. The molecular weight excluding hydrogens is 420 g/mol. The van der Waals surface area contributed by atoms with E-state index in [0.717, 1.165) is 36.1 Å². The van der Waals surface area contributed by atoms with Crippen molar-refractivity contribution in [3.63, 3.8) is 0 Å². The van der Waals surface area contributed by atoms with Crippen LogP contribution in [0.1, 0.15) is 30.2 Å². The van der Waals surface area contributed by atoms with E-state index < -0.39 is 17.2 Å². The predicted molar refractivity (Wildman–Crippen MR) is 120 cm³/mol. The number of imide groups is 1. The lowest BCUT2D eigenvalue weighted by Crippen LogP contribution is -2.41. The highest BCUT2D eigenvalue weighted by molar-refractivity contribution is 8.00. The fourth-order valence-corrected chi connectivity index (χ4v) is 5.79. The van der Waals surface area contributed by atoms with Crippen LogP contribution in [-0.4, -0.2) is 33.8 Å². The van der Waals surface area contributed by atoms with Crippen LogP contribution in [0, 0.1) is 0 Å². The number of rotatable bonds is 4. The molecule has 1 atom stereocenters. The van der Waals surface area contributed by atoms with Crippen LogP contribution >= 0.6 is 23.1 Å². The Hall–Kier alpha value is -2.65. The fourth-order valence-electron chi connectivity index (χ4n) is 3.56. The van der Waals surface area contributed by atoms with Gasteiger partial charge < -0.3 is 5.32 Å². The second-order valence-electron chi connectivity index (χ2n) is 7.09. The molecule has 0 fully saturated rings. The molecule has 2 heterocycles. The molecule has 0 aliphatic heterocycles. The molecule has 0 bridgehead atoms. The van der Waals surface area contributed by atoms with Gasteiger partial charge in [0.2, 0.25) is 5.91 Å². The van der Waals surface area contributed by atoms with Crippen LogP contribution in [0.5, 0.6) is 0 Å². The normalized spacial score (nSPS) is 14.2. The summed E-state index contributed by atoms with van der Waals surface area (Å²) in [6, 6.07) is 8.76. The van der Waals surface area contributed by atoms with Crippen molar-refractivity contribution in [3.8, 4) is 5.69 Å². The van der Waals surface area contributed by atoms with Gasteiger partial charge in [0.25, 0.3) is 5.56 Å². The maximum atomic E-state index is 13.6. The molecular formula is C21H22N4O3S2. The molecule has 1 aromatic carbocycles. The summed E-state index contributed by atoms with van der Waals surface area (Å²) in [6.45, 7) is 1.69. The Kier molecular flexibility index (Phi) is 5.92. The summed E-state index contributed by atoms with van der Waals surface area (Å²) >= 11 is 2.75. The van der Waals surface area contributed by atoms with E-state index in [9.17, 15) is 14.4 Å². The highest BCUT2D eigenvalue weighted by Gasteiger charge is 2.25. The number of thioether (sulfide) groups is 1. The lowest BCUT2D eigenvalue weighted by atomic mass is 9.97. The summed E-state index contributed by atoms with van der Waals surface area (Å²) in [5.41, 5.74) is 1.73. The Labute approximate surface area is 181 Å². The van der Waals surface area contributed by atoms with E-state index in [-0.39, 0.29) is 5.56 Å². The average molecular weight is 443 g/mol. The van der Waals surface area contributed by atoms with Crippen molar-refractivity contribution < 1.29 is 9.59 Å². The molecule has 156 valence electrons. The first kappa shape index (κ1) is 20.6. The predicted octanol–water partition coefficient (Wildman–Crippen LogP) is 3.26. The summed E-state index contributed by atoms with van der Waals surface area (Å²) < 4.78 is 1.58. The molecule has 4 rings (SSSR count).